The number of hydrogen-bond acceptors (Lipinski definition) is 5. The molecule has 0 aliphatic heterocycles. The quantitative estimate of drug-likeness (QED) is 0.260. The number of rotatable bonds is 10. The van der Waals surface area contributed by atoms with Gasteiger partial charge in [0.1, 0.15) is 0 Å². The minimum Gasteiger partial charge on any atom is -0.270 e. The maximum Gasteiger partial charge on any atom is 0.285 e. The lowest BCUT2D eigenvalue weighted by atomic mass is 10.2. The van der Waals surface area contributed by atoms with Crippen molar-refractivity contribution < 1.29 is 14.2 Å². The first kappa shape index (κ1) is 24.1. The molecule has 134 valence electrons. The molecule has 0 amide bonds. The zero-order valence-electron chi connectivity index (χ0n) is 15.2. The molecule has 0 saturated carbocycles. The van der Waals surface area contributed by atoms with E-state index in [1.54, 1.807) is 14.0 Å². The first-order valence-electron chi connectivity index (χ1n) is 7.45. The highest BCUT2D eigenvalue weighted by Gasteiger charge is 2.30. The van der Waals surface area contributed by atoms with Crippen LogP contribution in [0.4, 0.5) is 0 Å². The van der Waals surface area contributed by atoms with Gasteiger partial charge in [0.25, 0.3) is 7.59 Å². The van der Waals surface area contributed by atoms with Crippen molar-refractivity contribution in [3.63, 3.8) is 0 Å². The van der Waals surface area contributed by atoms with Crippen LogP contribution in [0, 0.1) is 0 Å². The molecule has 0 unspecified atom stereocenters. The zero-order valence-corrected chi connectivity index (χ0v) is 16.0. The molecule has 0 spiro atoms. The van der Waals surface area contributed by atoms with Crippen LogP contribution in [0.1, 0.15) is 25.7 Å². The maximum absolute atomic E-state index is 12.1. The Morgan fingerprint density at radius 1 is 0.696 bits per heavy atom. The molecular formula is C14H30N5O3P. The van der Waals surface area contributed by atoms with Gasteiger partial charge in [-0.15, -0.1) is 0 Å². The van der Waals surface area contributed by atoms with Crippen molar-refractivity contribution in [3.05, 3.63) is 0 Å². The summed E-state index contributed by atoms with van der Waals surface area (Å²) < 4.78 is 17.3. The Balaban J connectivity index is 0. The summed E-state index contributed by atoms with van der Waals surface area (Å²) in [4.78, 5) is 26.1. The summed E-state index contributed by atoms with van der Waals surface area (Å²) in [6.45, 7) is 1.11. The van der Waals surface area contributed by atoms with Crippen LogP contribution in [-0.4, -0.2) is 81.5 Å². The molecule has 0 N–H and O–H groups in total. The van der Waals surface area contributed by atoms with E-state index in [-0.39, 0.29) is 0 Å². The van der Waals surface area contributed by atoms with Gasteiger partial charge in [-0.1, -0.05) is 12.8 Å². The van der Waals surface area contributed by atoms with Crippen molar-refractivity contribution in [2.24, 2.45) is 9.98 Å². The monoisotopic (exact) mass is 347 g/mol. The fourth-order valence-electron chi connectivity index (χ4n) is 1.90. The molecule has 0 atom stereocenters. The summed E-state index contributed by atoms with van der Waals surface area (Å²) in [7, 11) is 8.49. The van der Waals surface area contributed by atoms with Gasteiger partial charge in [0.15, 0.2) is 0 Å². The smallest absolute Gasteiger partial charge is 0.270 e. The van der Waals surface area contributed by atoms with E-state index < -0.39 is 7.59 Å². The van der Waals surface area contributed by atoms with Crippen LogP contribution in [0.2, 0.25) is 0 Å². The molecule has 0 radical (unpaired) electrons. The number of unbranched alkanes of at least 4 members (excludes halogenated alkanes) is 3. The van der Waals surface area contributed by atoms with Crippen LogP contribution in [0.3, 0.4) is 0 Å². The van der Waals surface area contributed by atoms with Crippen molar-refractivity contribution in [2.75, 3.05) is 55.4 Å². The lowest BCUT2D eigenvalue weighted by Crippen LogP contribution is -2.30. The van der Waals surface area contributed by atoms with E-state index >= 15 is 0 Å². The van der Waals surface area contributed by atoms with E-state index in [9.17, 15) is 14.2 Å². The number of isocyanates is 2. The van der Waals surface area contributed by atoms with Crippen LogP contribution in [0.5, 0.6) is 0 Å². The lowest BCUT2D eigenvalue weighted by Gasteiger charge is -2.34. The third kappa shape index (κ3) is 11.1. The van der Waals surface area contributed by atoms with Gasteiger partial charge in [0, 0.05) is 0 Å². The fourth-order valence-corrected chi connectivity index (χ4v) is 4.05. The molecule has 0 aromatic heterocycles. The van der Waals surface area contributed by atoms with Gasteiger partial charge in [-0.3, -0.25) is 4.57 Å². The molecule has 9 heteroatoms. The zero-order chi connectivity index (χ0) is 18.3. The topological polar surface area (TPSA) is 85.7 Å². The summed E-state index contributed by atoms with van der Waals surface area (Å²) >= 11 is 0. The first-order chi connectivity index (χ1) is 10.7. The van der Waals surface area contributed by atoms with E-state index in [4.69, 9.17) is 0 Å². The summed E-state index contributed by atoms with van der Waals surface area (Å²) in [5, 5.41) is 0. The number of nitrogens with zero attached hydrogens (tertiary/aromatic N) is 5. The van der Waals surface area contributed by atoms with Gasteiger partial charge < -0.3 is 0 Å². The molecule has 0 bridgehead atoms. The van der Waals surface area contributed by atoms with Gasteiger partial charge in [0.2, 0.25) is 12.2 Å². The van der Waals surface area contributed by atoms with E-state index in [1.165, 1.54) is 12.2 Å². The van der Waals surface area contributed by atoms with Crippen molar-refractivity contribution in [2.45, 2.75) is 25.7 Å². The highest BCUT2D eigenvalue weighted by Crippen LogP contribution is 2.50. The van der Waals surface area contributed by atoms with Gasteiger partial charge in [-0.2, -0.15) is 0 Å². The lowest BCUT2D eigenvalue weighted by molar-refractivity contribution is 0.383. The molecule has 23 heavy (non-hydrogen) atoms. The second-order valence-electron chi connectivity index (χ2n) is 5.42. The van der Waals surface area contributed by atoms with Crippen LogP contribution in [-0.2, 0) is 14.2 Å². The van der Waals surface area contributed by atoms with Crippen LogP contribution >= 0.6 is 7.59 Å². The number of carbonyl (C=O) groups excluding carboxylic acids is 2. The molecule has 0 rings (SSSR count). The van der Waals surface area contributed by atoms with Gasteiger partial charge in [-0.05, 0) is 55.1 Å². The van der Waals surface area contributed by atoms with Crippen molar-refractivity contribution in [1.82, 2.24) is 14.0 Å². The van der Waals surface area contributed by atoms with Gasteiger partial charge in [-0.25, -0.2) is 33.6 Å². The second-order valence-corrected chi connectivity index (χ2v) is 8.84. The highest BCUT2D eigenvalue weighted by atomic mass is 31.2. The van der Waals surface area contributed by atoms with Crippen molar-refractivity contribution >= 4 is 19.8 Å². The third-order valence-corrected chi connectivity index (χ3v) is 6.11. The minimum absolute atomic E-state index is 0.556. The SMILES string of the molecule is CN(C)P(=O)(N(C)C)N(C)C.O=C=NCCCCCCN=C=O. The Kier molecular flexibility index (Phi) is 15.2. The Labute approximate surface area is 139 Å². The standard InChI is InChI=1S/C8H12N2O2.C6H18N3OP/c11-7-9-5-3-1-2-4-6-10-8-12;1-7(2)11(10,8(3)4)9(5)6/h1-6H2;1-6H3. The molecule has 0 aromatic carbocycles. The van der Waals surface area contributed by atoms with E-state index in [0.29, 0.717) is 13.1 Å². The summed E-state index contributed by atoms with van der Waals surface area (Å²) in [6, 6.07) is 0. The minimum atomic E-state index is -2.44. The summed E-state index contributed by atoms with van der Waals surface area (Å²) in [5.74, 6) is 0. The van der Waals surface area contributed by atoms with Gasteiger partial charge >= 0.3 is 0 Å². The van der Waals surface area contributed by atoms with E-state index in [2.05, 4.69) is 9.98 Å². The Morgan fingerprint density at radius 2 is 1.00 bits per heavy atom. The molecule has 0 heterocycles. The maximum atomic E-state index is 12.1. The number of aliphatic imine (C=N–C) groups is 2. The van der Waals surface area contributed by atoms with Crippen LogP contribution < -0.4 is 0 Å². The molecule has 0 aromatic rings. The third-order valence-electron chi connectivity index (χ3n) is 2.98. The molecule has 0 aliphatic carbocycles. The first-order valence-corrected chi connectivity index (χ1v) is 9.02. The van der Waals surface area contributed by atoms with Crippen molar-refractivity contribution in [3.8, 4) is 0 Å². The molecular weight excluding hydrogens is 317 g/mol. The van der Waals surface area contributed by atoms with Gasteiger partial charge in [0.05, 0.1) is 13.1 Å². The largest absolute Gasteiger partial charge is 0.285 e. The Morgan fingerprint density at radius 3 is 1.17 bits per heavy atom. The summed E-state index contributed by atoms with van der Waals surface area (Å²) in [6.07, 6.45) is 6.80. The van der Waals surface area contributed by atoms with E-state index in [1.807, 2.05) is 42.3 Å². The van der Waals surface area contributed by atoms with Crippen LogP contribution in [0.15, 0.2) is 9.98 Å². The van der Waals surface area contributed by atoms with Crippen LogP contribution in [0.25, 0.3) is 0 Å². The second kappa shape index (κ2) is 14.5. The average Bonchev–Trinajstić information content (AvgIpc) is 2.49. The normalized spacial score (nSPS) is 10.8. The molecule has 0 saturated heterocycles. The highest BCUT2D eigenvalue weighted by molar-refractivity contribution is 7.56. The molecule has 0 aliphatic rings. The van der Waals surface area contributed by atoms with Crippen molar-refractivity contribution in [1.29, 1.82) is 0 Å². The predicted molar refractivity (Wildman–Crippen MR) is 93.1 cm³/mol. The van der Waals surface area contributed by atoms with E-state index in [0.717, 1.165) is 25.7 Å². The summed E-state index contributed by atoms with van der Waals surface area (Å²) in [5.41, 5.74) is 0. The fraction of sp³-hybridized carbons (Fsp3) is 0.857. The Bertz CT molecular complexity index is 391. The average molecular weight is 347 g/mol. The Hall–Kier alpha value is -1.13. The molecule has 8 nitrogen and oxygen atoms in total. The molecule has 0 fully saturated rings. The number of hydrogen-bond donors (Lipinski definition) is 0. The predicted octanol–water partition coefficient (Wildman–Crippen LogP) is 2.00.